The Morgan fingerprint density at radius 1 is 1.40 bits per heavy atom. The molecular weight excluding hydrogens is 164 g/mol. The molecule has 0 aliphatic rings. The second kappa shape index (κ2) is 4.93. The average molecular weight is 177 g/mol. The van der Waals surface area contributed by atoms with E-state index in [0.717, 1.165) is 5.75 Å². The van der Waals surface area contributed by atoms with Crippen molar-refractivity contribution < 1.29 is 0 Å². The molecule has 0 atom stereocenters. The molecule has 0 spiro atoms. The summed E-state index contributed by atoms with van der Waals surface area (Å²) in [5.41, 5.74) is 0.124. The van der Waals surface area contributed by atoms with E-state index >= 15 is 0 Å². The van der Waals surface area contributed by atoms with Crippen LogP contribution < -0.4 is 0 Å². The zero-order chi connectivity index (χ0) is 8.04. The molecule has 0 heterocycles. The summed E-state index contributed by atoms with van der Waals surface area (Å²) in [6.07, 6.45) is 0. The molecule has 0 unspecified atom stereocenters. The maximum atomic E-state index is 5.46. The van der Waals surface area contributed by atoms with Crippen LogP contribution in [0.15, 0.2) is 0 Å². The lowest BCUT2D eigenvalue weighted by atomic mass is 9.99. The van der Waals surface area contributed by atoms with E-state index in [1.807, 2.05) is 0 Å². The fourth-order valence-electron chi connectivity index (χ4n) is 0.279. The molecule has 0 saturated carbocycles. The molecule has 0 aromatic rings. The SMILES string of the molecule is CC(C)(C)C#CSCCCl. The number of halogens is 1. The van der Waals surface area contributed by atoms with Gasteiger partial charge in [-0.15, -0.1) is 11.6 Å². The summed E-state index contributed by atoms with van der Waals surface area (Å²) < 4.78 is 0. The molecule has 0 rings (SSSR count). The first-order chi connectivity index (χ1) is 4.56. The third kappa shape index (κ3) is 8.20. The number of alkyl halides is 1. The van der Waals surface area contributed by atoms with Crippen molar-refractivity contribution in [2.24, 2.45) is 5.41 Å². The Morgan fingerprint density at radius 2 is 2.00 bits per heavy atom. The molecule has 0 aliphatic heterocycles. The van der Waals surface area contributed by atoms with Gasteiger partial charge in [-0.2, -0.15) is 0 Å². The van der Waals surface area contributed by atoms with E-state index in [4.69, 9.17) is 11.6 Å². The number of hydrogen-bond donors (Lipinski definition) is 0. The summed E-state index contributed by atoms with van der Waals surface area (Å²) in [6, 6.07) is 0. The van der Waals surface area contributed by atoms with Crippen molar-refractivity contribution in [2.45, 2.75) is 20.8 Å². The van der Waals surface area contributed by atoms with Crippen LogP contribution >= 0.6 is 23.4 Å². The van der Waals surface area contributed by atoms with E-state index in [1.54, 1.807) is 11.8 Å². The first-order valence-corrected chi connectivity index (χ1v) is 4.78. The Morgan fingerprint density at radius 3 is 2.40 bits per heavy atom. The van der Waals surface area contributed by atoms with Crippen molar-refractivity contribution >= 4 is 23.4 Å². The highest BCUT2D eigenvalue weighted by molar-refractivity contribution is 8.03. The highest BCUT2D eigenvalue weighted by atomic mass is 35.5. The van der Waals surface area contributed by atoms with Crippen LogP contribution in [0, 0.1) is 16.6 Å². The predicted octanol–water partition coefficient (Wildman–Crippen LogP) is 2.97. The normalized spacial score (nSPS) is 10.4. The largest absolute Gasteiger partial charge is 0.126 e. The second-order valence-electron chi connectivity index (χ2n) is 3.01. The smallest absolute Gasteiger partial charge is 0.0323 e. The third-order valence-electron chi connectivity index (χ3n) is 0.677. The van der Waals surface area contributed by atoms with Gasteiger partial charge in [0.1, 0.15) is 0 Å². The van der Waals surface area contributed by atoms with E-state index in [-0.39, 0.29) is 5.41 Å². The Kier molecular flexibility index (Phi) is 5.03. The van der Waals surface area contributed by atoms with Crippen molar-refractivity contribution in [1.82, 2.24) is 0 Å². The van der Waals surface area contributed by atoms with Crippen LogP contribution in [0.1, 0.15) is 20.8 Å². The summed E-state index contributed by atoms with van der Waals surface area (Å²) >= 11 is 7.05. The molecule has 0 bridgehead atoms. The highest BCUT2D eigenvalue weighted by Crippen LogP contribution is 2.11. The lowest BCUT2D eigenvalue weighted by Crippen LogP contribution is -1.98. The summed E-state index contributed by atoms with van der Waals surface area (Å²) in [5, 5.41) is 3.01. The van der Waals surface area contributed by atoms with Gasteiger partial charge in [0.15, 0.2) is 0 Å². The molecule has 10 heavy (non-hydrogen) atoms. The van der Waals surface area contributed by atoms with Crippen molar-refractivity contribution in [3.05, 3.63) is 0 Å². The quantitative estimate of drug-likeness (QED) is 0.354. The fourth-order valence-corrected chi connectivity index (χ4v) is 1.07. The molecule has 0 nitrogen and oxygen atoms in total. The molecule has 0 N–H and O–H groups in total. The van der Waals surface area contributed by atoms with Crippen LogP contribution in [0.2, 0.25) is 0 Å². The van der Waals surface area contributed by atoms with Crippen LogP contribution in [0.5, 0.6) is 0 Å². The van der Waals surface area contributed by atoms with Crippen molar-refractivity contribution in [3.8, 4) is 11.2 Å². The molecule has 0 aromatic carbocycles. The van der Waals surface area contributed by atoms with Crippen LogP contribution in [-0.4, -0.2) is 11.6 Å². The maximum Gasteiger partial charge on any atom is 0.0323 e. The number of hydrogen-bond acceptors (Lipinski definition) is 1. The van der Waals surface area contributed by atoms with E-state index in [1.165, 1.54) is 0 Å². The minimum Gasteiger partial charge on any atom is -0.126 e. The van der Waals surface area contributed by atoms with Gasteiger partial charge in [-0.05, 0) is 26.0 Å². The lowest BCUT2D eigenvalue weighted by molar-refractivity contribution is 0.571. The molecule has 58 valence electrons. The molecule has 2 heteroatoms. The summed E-state index contributed by atoms with van der Waals surface area (Å²) in [5.74, 6) is 4.72. The Hall–Kier alpha value is 0.200. The van der Waals surface area contributed by atoms with Gasteiger partial charge in [0, 0.05) is 17.0 Å². The third-order valence-corrected chi connectivity index (χ3v) is 1.75. The standard InChI is InChI=1S/C8H13ClS/c1-8(2,3)4-6-10-7-5-9/h5,7H2,1-3H3. The topological polar surface area (TPSA) is 0 Å². The Labute approximate surface area is 72.7 Å². The van der Waals surface area contributed by atoms with Gasteiger partial charge in [0.05, 0.1) is 0 Å². The van der Waals surface area contributed by atoms with Gasteiger partial charge in [-0.25, -0.2) is 0 Å². The summed E-state index contributed by atoms with van der Waals surface area (Å²) in [4.78, 5) is 0. The Bertz CT molecular complexity index is 136. The fraction of sp³-hybridized carbons (Fsp3) is 0.750. The zero-order valence-electron chi connectivity index (χ0n) is 6.70. The molecule has 0 radical (unpaired) electrons. The average Bonchev–Trinajstić information content (AvgIpc) is 1.78. The minimum atomic E-state index is 0.124. The molecule has 0 aromatic heterocycles. The number of thioether (sulfide) groups is 1. The molecule has 0 amide bonds. The van der Waals surface area contributed by atoms with Crippen molar-refractivity contribution in [3.63, 3.8) is 0 Å². The number of rotatable bonds is 2. The van der Waals surface area contributed by atoms with Crippen LogP contribution in [-0.2, 0) is 0 Å². The highest BCUT2D eigenvalue weighted by Gasteiger charge is 2.02. The van der Waals surface area contributed by atoms with E-state index < -0.39 is 0 Å². The monoisotopic (exact) mass is 176 g/mol. The first-order valence-electron chi connectivity index (χ1n) is 3.26. The van der Waals surface area contributed by atoms with Gasteiger partial charge < -0.3 is 0 Å². The molecule has 0 fully saturated rings. The van der Waals surface area contributed by atoms with E-state index in [2.05, 4.69) is 31.9 Å². The maximum absolute atomic E-state index is 5.46. The predicted molar refractivity (Wildman–Crippen MR) is 50.4 cm³/mol. The zero-order valence-corrected chi connectivity index (χ0v) is 8.27. The van der Waals surface area contributed by atoms with Crippen LogP contribution in [0.4, 0.5) is 0 Å². The second-order valence-corrected chi connectivity index (χ2v) is 4.29. The summed E-state index contributed by atoms with van der Waals surface area (Å²) in [7, 11) is 0. The molecule has 0 saturated heterocycles. The summed E-state index contributed by atoms with van der Waals surface area (Å²) in [6.45, 7) is 6.30. The molecular formula is C8H13ClS. The van der Waals surface area contributed by atoms with Crippen LogP contribution in [0.25, 0.3) is 0 Å². The van der Waals surface area contributed by atoms with Crippen molar-refractivity contribution in [2.75, 3.05) is 11.6 Å². The van der Waals surface area contributed by atoms with E-state index in [9.17, 15) is 0 Å². The minimum absolute atomic E-state index is 0.124. The lowest BCUT2D eigenvalue weighted by Gasteiger charge is -2.06. The van der Waals surface area contributed by atoms with Gasteiger partial charge in [-0.1, -0.05) is 17.7 Å². The van der Waals surface area contributed by atoms with E-state index in [0.29, 0.717) is 5.88 Å². The molecule has 0 aliphatic carbocycles. The van der Waals surface area contributed by atoms with Gasteiger partial charge >= 0.3 is 0 Å². The van der Waals surface area contributed by atoms with Gasteiger partial charge in [-0.3, -0.25) is 0 Å². The first kappa shape index (κ1) is 10.2. The Balaban J connectivity index is 3.50. The van der Waals surface area contributed by atoms with Gasteiger partial charge in [0.2, 0.25) is 0 Å². The van der Waals surface area contributed by atoms with Crippen LogP contribution in [0.3, 0.4) is 0 Å². The van der Waals surface area contributed by atoms with Crippen molar-refractivity contribution in [1.29, 1.82) is 0 Å². The van der Waals surface area contributed by atoms with Gasteiger partial charge in [0.25, 0.3) is 0 Å².